The van der Waals surface area contributed by atoms with Crippen LogP contribution < -0.4 is 5.32 Å². The van der Waals surface area contributed by atoms with E-state index < -0.39 is 12.3 Å². The van der Waals surface area contributed by atoms with Crippen LogP contribution in [0.5, 0.6) is 0 Å². The van der Waals surface area contributed by atoms with Crippen LogP contribution in [0.15, 0.2) is 18.2 Å². The van der Waals surface area contributed by atoms with E-state index in [2.05, 4.69) is 5.32 Å². The molecule has 0 aromatic heterocycles. The maximum Gasteiger partial charge on any atom is 0.315 e. The van der Waals surface area contributed by atoms with Crippen molar-refractivity contribution >= 4 is 23.2 Å². The van der Waals surface area contributed by atoms with Crippen molar-refractivity contribution in [2.45, 2.75) is 13.3 Å². The number of alkyl halides is 2. The largest absolute Gasteiger partial charge is 0.321 e. The predicted octanol–water partition coefficient (Wildman–Crippen LogP) is 2.85. The fourth-order valence-corrected chi connectivity index (χ4v) is 1.10. The van der Waals surface area contributed by atoms with Crippen LogP contribution in [0.4, 0.5) is 14.5 Å². The van der Waals surface area contributed by atoms with Gasteiger partial charge in [-0.3, -0.25) is 4.79 Å². The molecule has 0 bridgehead atoms. The highest BCUT2D eigenvalue weighted by Crippen LogP contribution is 2.23. The highest BCUT2D eigenvalue weighted by atomic mass is 35.5. The van der Waals surface area contributed by atoms with Crippen LogP contribution in [-0.4, -0.2) is 12.3 Å². The van der Waals surface area contributed by atoms with Crippen LogP contribution in [0.1, 0.15) is 5.56 Å². The normalized spacial score (nSPS) is 10.4. The molecule has 0 fully saturated rings. The molecule has 5 heteroatoms. The molecular formula is C9H8ClF2NO. The minimum atomic E-state index is -3.02. The van der Waals surface area contributed by atoms with Crippen molar-refractivity contribution in [3.63, 3.8) is 0 Å². The summed E-state index contributed by atoms with van der Waals surface area (Å²) < 4.78 is 23.8. The summed E-state index contributed by atoms with van der Waals surface area (Å²) in [5.41, 5.74) is 0.881. The number of benzene rings is 1. The second-order valence-corrected chi connectivity index (χ2v) is 3.11. The molecule has 1 rings (SSSR count). The van der Waals surface area contributed by atoms with Gasteiger partial charge in [-0.15, -0.1) is 0 Å². The van der Waals surface area contributed by atoms with Crippen LogP contribution in [0.3, 0.4) is 0 Å². The van der Waals surface area contributed by atoms with Crippen LogP contribution in [0.2, 0.25) is 5.02 Å². The van der Waals surface area contributed by atoms with Gasteiger partial charge in [0.1, 0.15) is 0 Å². The van der Waals surface area contributed by atoms with Gasteiger partial charge in [0.15, 0.2) is 0 Å². The molecule has 0 heterocycles. The van der Waals surface area contributed by atoms with Crippen LogP contribution in [-0.2, 0) is 4.79 Å². The molecule has 1 N–H and O–H groups in total. The lowest BCUT2D eigenvalue weighted by atomic mass is 10.2. The van der Waals surface area contributed by atoms with E-state index in [1.54, 1.807) is 19.1 Å². The zero-order valence-electron chi connectivity index (χ0n) is 7.35. The topological polar surface area (TPSA) is 29.1 Å². The van der Waals surface area contributed by atoms with E-state index in [1.165, 1.54) is 6.07 Å². The molecule has 0 aliphatic rings. The van der Waals surface area contributed by atoms with Crippen molar-refractivity contribution in [2.75, 3.05) is 5.32 Å². The molecule has 2 nitrogen and oxygen atoms in total. The highest BCUT2D eigenvalue weighted by molar-refractivity contribution is 6.31. The highest BCUT2D eigenvalue weighted by Gasteiger charge is 2.16. The van der Waals surface area contributed by atoms with Gasteiger partial charge in [-0.05, 0) is 24.6 Å². The minimum absolute atomic E-state index is 0.308. The number of halogens is 3. The second kappa shape index (κ2) is 4.37. The van der Waals surface area contributed by atoms with E-state index in [0.717, 1.165) is 0 Å². The molecular weight excluding hydrogens is 212 g/mol. The van der Waals surface area contributed by atoms with E-state index in [9.17, 15) is 13.6 Å². The van der Waals surface area contributed by atoms with Gasteiger partial charge in [0.2, 0.25) is 0 Å². The fraction of sp³-hybridized carbons (Fsp3) is 0.222. The Hall–Kier alpha value is -1.16. The zero-order chi connectivity index (χ0) is 10.7. The summed E-state index contributed by atoms with van der Waals surface area (Å²) in [6.45, 7) is 1.64. The minimum Gasteiger partial charge on any atom is -0.321 e. The summed E-state index contributed by atoms with van der Waals surface area (Å²) >= 11 is 5.74. The fourth-order valence-electron chi connectivity index (χ4n) is 0.930. The maximum atomic E-state index is 11.9. The van der Waals surface area contributed by atoms with Crippen molar-refractivity contribution in [3.05, 3.63) is 28.8 Å². The predicted molar refractivity (Wildman–Crippen MR) is 50.8 cm³/mol. The van der Waals surface area contributed by atoms with Crippen LogP contribution >= 0.6 is 11.6 Å². The number of carbonyl (C=O) groups is 1. The number of hydrogen-bond donors (Lipinski definition) is 1. The number of anilines is 1. The summed E-state index contributed by atoms with van der Waals surface area (Å²) in [7, 11) is 0. The second-order valence-electron chi connectivity index (χ2n) is 2.70. The van der Waals surface area contributed by atoms with Gasteiger partial charge in [-0.25, -0.2) is 0 Å². The summed E-state index contributed by atoms with van der Waals surface area (Å²) in [6, 6.07) is 4.72. The van der Waals surface area contributed by atoms with Gasteiger partial charge in [-0.2, -0.15) is 8.78 Å². The van der Waals surface area contributed by atoms with Crippen LogP contribution in [0, 0.1) is 6.92 Å². The third-order valence-corrected chi connectivity index (χ3v) is 2.13. The molecule has 1 amide bonds. The Kier molecular flexibility index (Phi) is 3.41. The third kappa shape index (κ3) is 2.42. The molecule has 76 valence electrons. The Labute approximate surface area is 84.9 Å². The molecule has 0 atom stereocenters. The molecule has 0 saturated heterocycles. The van der Waals surface area contributed by atoms with Gasteiger partial charge >= 0.3 is 6.43 Å². The van der Waals surface area contributed by atoms with E-state index >= 15 is 0 Å². The zero-order valence-corrected chi connectivity index (χ0v) is 8.11. The lowest BCUT2D eigenvalue weighted by Gasteiger charge is -2.08. The van der Waals surface area contributed by atoms with Crippen LogP contribution in [0.25, 0.3) is 0 Å². The molecule has 1 aromatic carbocycles. The van der Waals surface area contributed by atoms with Gasteiger partial charge < -0.3 is 5.32 Å². The molecule has 1 aromatic rings. The number of rotatable bonds is 2. The van der Waals surface area contributed by atoms with E-state index in [-0.39, 0.29) is 0 Å². The molecule has 0 unspecified atom stereocenters. The Balaban J connectivity index is 2.87. The van der Waals surface area contributed by atoms with Crippen molar-refractivity contribution in [1.29, 1.82) is 0 Å². The first kappa shape index (κ1) is 10.9. The third-order valence-electron chi connectivity index (χ3n) is 1.72. The Morgan fingerprint density at radius 1 is 1.50 bits per heavy atom. The summed E-state index contributed by atoms with van der Waals surface area (Å²) in [4.78, 5) is 10.7. The van der Waals surface area contributed by atoms with E-state index in [0.29, 0.717) is 16.3 Å². The van der Waals surface area contributed by atoms with Crippen molar-refractivity contribution in [3.8, 4) is 0 Å². The lowest BCUT2D eigenvalue weighted by molar-refractivity contribution is -0.126. The molecule has 0 radical (unpaired) electrons. The molecule has 0 aliphatic heterocycles. The molecule has 14 heavy (non-hydrogen) atoms. The number of amides is 1. The van der Waals surface area contributed by atoms with Crippen molar-refractivity contribution in [2.24, 2.45) is 0 Å². The smallest absolute Gasteiger partial charge is 0.315 e. The Bertz CT molecular complexity index is 355. The molecule has 0 saturated carbocycles. The summed E-state index contributed by atoms with van der Waals surface area (Å²) in [6.07, 6.45) is -3.02. The number of nitrogens with one attached hydrogen (secondary N) is 1. The standard InChI is InChI=1S/C9H8ClF2NO/c1-5-6(10)3-2-4-7(5)13-9(14)8(11)12/h2-4,8H,1H3,(H,13,14). The van der Waals surface area contributed by atoms with Gasteiger partial charge in [0, 0.05) is 10.7 Å². The van der Waals surface area contributed by atoms with Gasteiger partial charge in [-0.1, -0.05) is 17.7 Å². The summed E-state index contributed by atoms with van der Waals surface area (Å²) in [5.74, 6) is -1.32. The van der Waals surface area contributed by atoms with Crippen molar-refractivity contribution in [1.82, 2.24) is 0 Å². The number of carbonyl (C=O) groups excluding carboxylic acids is 1. The van der Waals surface area contributed by atoms with E-state index in [1.807, 2.05) is 0 Å². The van der Waals surface area contributed by atoms with Gasteiger partial charge in [0.05, 0.1) is 0 Å². The average Bonchev–Trinajstić information content (AvgIpc) is 2.12. The first-order chi connectivity index (χ1) is 6.52. The number of hydrogen-bond acceptors (Lipinski definition) is 1. The summed E-state index contributed by atoms with van der Waals surface area (Å²) in [5, 5.41) is 2.50. The Morgan fingerprint density at radius 2 is 2.14 bits per heavy atom. The first-order valence-corrected chi connectivity index (χ1v) is 4.24. The molecule has 0 aliphatic carbocycles. The maximum absolute atomic E-state index is 11.9. The molecule has 0 spiro atoms. The lowest BCUT2D eigenvalue weighted by Crippen LogP contribution is -2.20. The SMILES string of the molecule is Cc1c(Cl)cccc1NC(=O)C(F)F. The van der Waals surface area contributed by atoms with Crippen molar-refractivity contribution < 1.29 is 13.6 Å². The van der Waals surface area contributed by atoms with Gasteiger partial charge in [0.25, 0.3) is 5.91 Å². The monoisotopic (exact) mass is 219 g/mol. The van der Waals surface area contributed by atoms with E-state index in [4.69, 9.17) is 11.6 Å². The Morgan fingerprint density at radius 3 is 2.71 bits per heavy atom. The quantitative estimate of drug-likeness (QED) is 0.814. The first-order valence-electron chi connectivity index (χ1n) is 3.86. The average molecular weight is 220 g/mol.